The summed E-state index contributed by atoms with van der Waals surface area (Å²) < 4.78 is 27.9. The van der Waals surface area contributed by atoms with E-state index in [0.717, 1.165) is 14.9 Å². The van der Waals surface area contributed by atoms with Crippen molar-refractivity contribution >= 4 is 49.9 Å². The van der Waals surface area contributed by atoms with E-state index in [2.05, 4.69) is 32.3 Å². The average Bonchev–Trinajstić information content (AvgIpc) is 2.88. The van der Waals surface area contributed by atoms with E-state index in [1.807, 2.05) is 0 Å². The number of carboxylic acids is 1. The lowest BCUT2D eigenvalue weighted by Crippen LogP contribution is -2.26. The van der Waals surface area contributed by atoms with Gasteiger partial charge in [0.25, 0.3) is 0 Å². The second kappa shape index (κ2) is 6.38. The maximum absolute atomic E-state index is 12.2. The summed E-state index contributed by atoms with van der Waals surface area (Å²) in [5.74, 6) is -1.13. The summed E-state index contributed by atoms with van der Waals surface area (Å²) in [5, 5.41) is 10.6. The van der Waals surface area contributed by atoms with Crippen LogP contribution in [0.2, 0.25) is 0 Å². The molecule has 0 fully saturated rings. The molecule has 0 spiro atoms. The van der Waals surface area contributed by atoms with Crippen molar-refractivity contribution in [1.82, 2.24) is 9.71 Å². The minimum absolute atomic E-state index is 0.0877. The summed E-state index contributed by atoms with van der Waals surface area (Å²) in [6, 6.07) is 5.83. The molecule has 2 aromatic rings. The molecule has 0 amide bonds. The van der Waals surface area contributed by atoms with Gasteiger partial charge in [0.2, 0.25) is 10.0 Å². The first kappa shape index (κ1) is 16.3. The number of halogens is 1. The minimum atomic E-state index is -3.67. The van der Waals surface area contributed by atoms with E-state index in [4.69, 9.17) is 5.11 Å². The van der Waals surface area contributed by atoms with Gasteiger partial charge in [-0.05, 0) is 53.8 Å². The van der Waals surface area contributed by atoms with Gasteiger partial charge in [0.1, 0.15) is 5.01 Å². The summed E-state index contributed by atoms with van der Waals surface area (Å²) in [6.07, 6.45) is 0. The Morgan fingerprint density at radius 3 is 2.52 bits per heavy atom. The maximum atomic E-state index is 12.2. The van der Waals surface area contributed by atoms with Crippen molar-refractivity contribution in [2.24, 2.45) is 0 Å². The molecular weight excluding hydrogens is 427 g/mol. The van der Waals surface area contributed by atoms with Gasteiger partial charge in [-0.25, -0.2) is 22.9 Å². The number of carbonyl (C=O) groups is 1. The van der Waals surface area contributed by atoms with Crippen molar-refractivity contribution in [1.29, 1.82) is 0 Å². The Labute approximate surface area is 139 Å². The molecule has 1 unspecified atom stereocenters. The first-order chi connectivity index (χ1) is 9.79. The van der Waals surface area contributed by atoms with Crippen LogP contribution < -0.4 is 4.72 Å². The molecular formula is C12H11IN2O4S2. The van der Waals surface area contributed by atoms with Crippen LogP contribution in [0.3, 0.4) is 0 Å². The van der Waals surface area contributed by atoms with E-state index < -0.39 is 22.0 Å². The Morgan fingerprint density at radius 2 is 2.00 bits per heavy atom. The van der Waals surface area contributed by atoms with Gasteiger partial charge in [0.15, 0.2) is 5.69 Å². The van der Waals surface area contributed by atoms with Crippen molar-refractivity contribution in [3.8, 4) is 0 Å². The SMILES string of the molecule is CC(NS(=O)(=O)c1ccc(I)cc1)c1nc(C(=O)O)cs1. The summed E-state index contributed by atoms with van der Waals surface area (Å²) >= 11 is 3.19. The lowest BCUT2D eigenvalue weighted by Gasteiger charge is -2.11. The summed E-state index contributed by atoms with van der Waals surface area (Å²) in [4.78, 5) is 14.8. The zero-order valence-corrected chi connectivity index (χ0v) is 14.6. The Bertz CT molecular complexity index is 756. The summed E-state index contributed by atoms with van der Waals surface area (Å²) in [6.45, 7) is 1.62. The lowest BCUT2D eigenvalue weighted by molar-refractivity contribution is 0.0691. The fourth-order valence-corrected chi connectivity index (χ4v) is 3.99. The van der Waals surface area contributed by atoms with Crippen LogP contribution >= 0.6 is 33.9 Å². The monoisotopic (exact) mass is 438 g/mol. The Kier molecular flexibility index (Phi) is 4.96. The largest absolute Gasteiger partial charge is 0.476 e. The van der Waals surface area contributed by atoms with Crippen LogP contribution in [0.1, 0.15) is 28.5 Å². The number of hydrogen-bond donors (Lipinski definition) is 2. The molecule has 6 nitrogen and oxygen atoms in total. The highest BCUT2D eigenvalue weighted by atomic mass is 127. The highest BCUT2D eigenvalue weighted by Crippen LogP contribution is 2.21. The fourth-order valence-electron chi connectivity index (χ4n) is 1.55. The van der Waals surface area contributed by atoms with E-state index in [-0.39, 0.29) is 10.6 Å². The van der Waals surface area contributed by atoms with Crippen LogP contribution in [-0.4, -0.2) is 24.5 Å². The summed E-state index contributed by atoms with van der Waals surface area (Å²) in [7, 11) is -3.67. The van der Waals surface area contributed by atoms with Gasteiger partial charge < -0.3 is 5.11 Å². The lowest BCUT2D eigenvalue weighted by atomic mass is 10.4. The molecule has 0 saturated heterocycles. The fraction of sp³-hybridized carbons (Fsp3) is 0.167. The van der Waals surface area contributed by atoms with Crippen molar-refractivity contribution < 1.29 is 18.3 Å². The number of hydrogen-bond acceptors (Lipinski definition) is 5. The van der Waals surface area contributed by atoms with Gasteiger partial charge in [-0.3, -0.25) is 0 Å². The van der Waals surface area contributed by atoms with Crippen molar-refractivity contribution in [2.75, 3.05) is 0 Å². The second-order valence-corrected chi connectivity index (χ2v) is 8.02. The van der Waals surface area contributed by atoms with Gasteiger partial charge >= 0.3 is 5.97 Å². The van der Waals surface area contributed by atoms with Crippen molar-refractivity contribution in [3.05, 3.63) is 43.9 Å². The Morgan fingerprint density at radius 1 is 1.38 bits per heavy atom. The zero-order valence-electron chi connectivity index (χ0n) is 10.8. The van der Waals surface area contributed by atoms with Crippen LogP contribution in [0.5, 0.6) is 0 Å². The zero-order chi connectivity index (χ0) is 15.6. The number of rotatable bonds is 5. The predicted molar refractivity (Wildman–Crippen MR) is 87.0 cm³/mol. The third-order valence-corrected chi connectivity index (χ3v) is 5.87. The highest BCUT2D eigenvalue weighted by Gasteiger charge is 2.21. The van der Waals surface area contributed by atoms with E-state index in [1.54, 1.807) is 19.1 Å². The molecule has 9 heteroatoms. The topological polar surface area (TPSA) is 96.4 Å². The standard InChI is InChI=1S/C12H11IN2O4S2/c1-7(11-14-10(6-20-11)12(16)17)15-21(18,19)9-4-2-8(13)3-5-9/h2-7,15H,1H3,(H,16,17). The third kappa shape index (κ3) is 3.99. The molecule has 0 aliphatic rings. The molecule has 112 valence electrons. The molecule has 1 aromatic carbocycles. The van der Waals surface area contributed by atoms with Gasteiger partial charge in [-0.1, -0.05) is 0 Å². The molecule has 1 atom stereocenters. The maximum Gasteiger partial charge on any atom is 0.355 e. The predicted octanol–water partition coefficient (Wildman–Crippen LogP) is 2.49. The van der Waals surface area contributed by atoms with E-state index in [1.165, 1.54) is 17.5 Å². The highest BCUT2D eigenvalue weighted by molar-refractivity contribution is 14.1. The van der Waals surface area contributed by atoms with Crippen LogP contribution in [-0.2, 0) is 10.0 Å². The first-order valence-corrected chi connectivity index (χ1v) is 9.20. The molecule has 1 heterocycles. The minimum Gasteiger partial charge on any atom is -0.476 e. The first-order valence-electron chi connectivity index (χ1n) is 5.76. The molecule has 2 N–H and O–H groups in total. The number of nitrogens with one attached hydrogen (secondary N) is 1. The smallest absolute Gasteiger partial charge is 0.355 e. The van der Waals surface area contributed by atoms with E-state index in [0.29, 0.717) is 5.01 Å². The van der Waals surface area contributed by atoms with Gasteiger partial charge in [-0.15, -0.1) is 11.3 Å². The third-order valence-electron chi connectivity index (χ3n) is 2.57. The van der Waals surface area contributed by atoms with Crippen molar-refractivity contribution in [3.63, 3.8) is 0 Å². The molecule has 0 saturated carbocycles. The van der Waals surface area contributed by atoms with Crippen LogP contribution in [0.4, 0.5) is 0 Å². The van der Waals surface area contributed by atoms with Crippen LogP contribution in [0, 0.1) is 3.57 Å². The van der Waals surface area contributed by atoms with Gasteiger partial charge in [0, 0.05) is 8.95 Å². The Balaban J connectivity index is 2.19. The number of thiazole rings is 1. The number of nitrogens with zero attached hydrogens (tertiary/aromatic N) is 1. The number of aromatic carboxylic acids is 1. The molecule has 21 heavy (non-hydrogen) atoms. The molecule has 1 aromatic heterocycles. The second-order valence-electron chi connectivity index (χ2n) is 4.17. The number of benzene rings is 1. The van der Waals surface area contributed by atoms with Crippen LogP contribution in [0.25, 0.3) is 0 Å². The van der Waals surface area contributed by atoms with E-state index in [9.17, 15) is 13.2 Å². The molecule has 0 aliphatic carbocycles. The Hall–Kier alpha value is -1.04. The van der Waals surface area contributed by atoms with Crippen molar-refractivity contribution in [2.45, 2.75) is 17.9 Å². The van der Waals surface area contributed by atoms with E-state index >= 15 is 0 Å². The van der Waals surface area contributed by atoms with Gasteiger partial charge in [0.05, 0.1) is 10.9 Å². The normalized spacial score (nSPS) is 13.0. The molecule has 0 bridgehead atoms. The summed E-state index contributed by atoms with van der Waals surface area (Å²) in [5.41, 5.74) is -0.0877. The number of carboxylic acid groups (broad SMARTS) is 1. The molecule has 2 rings (SSSR count). The van der Waals surface area contributed by atoms with Crippen LogP contribution in [0.15, 0.2) is 34.5 Å². The molecule has 0 radical (unpaired) electrons. The number of sulfonamides is 1. The molecule has 0 aliphatic heterocycles. The van der Waals surface area contributed by atoms with Gasteiger partial charge in [-0.2, -0.15) is 0 Å². The average molecular weight is 438 g/mol. The quantitative estimate of drug-likeness (QED) is 0.700. The number of aromatic nitrogens is 1.